The van der Waals surface area contributed by atoms with Crippen molar-refractivity contribution in [2.45, 2.75) is 88.9 Å². The number of nitrogens with zero attached hydrogens (tertiary/aromatic N) is 1. The van der Waals surface area contributed by atoms with Gasteiger partial charge in [-0.3, -0.25) is 0 Å². The lowest BCUT2D eigenvalue weighted by molar-refractivity contribution is -0.0452. The van der Waals surface area contributed by atoms with Gasteiger partial charge in [0.1, 0.15) is 11.5 Å². The van der Waals surface area contributed by atoms with E-state index in [-0.39, 0.29) is 16.2 Å². The number of para-hydroxylation sites is 1. The first-order valence-electron chi connectivity index (χ1n) is 19.2. The summed E-state index contributed by atoms with van der Waals surface area (Å²) in [6, 6.07) is 43.5. The van der Waals surface area contributed by atoms with Gasteiger partial charge >= 0.3 is 0 Å². The maximum atomic E-state index is 6.84. The maximum Gasteiger partial charge on any atom is 0.131 e. The summed E-state index contributed by atoms with van der Waals surface area (Å²) in [5, 5.41) is 0. The van der Waals surface area contributed by atoms with Crippen molar-refractivity contribution in [3.05, 3.63) is 138 Å². The zero-order valence-electron chi connectivity index (χ0n) is 30.1. The average Bonchev–Trinajstić information content (AvgIpc) is 3.12. The van der Waals surface area contributed by atoms with Gasteiger partial charge in [0.15, 0.2) is 0 Å². The average molecular weight is 656 g/mol. The highest BCUT2D eigenvalue weighted by molar-refractivity contribution is 5.82. The topological polar surface area (TPSA) is 12.5 Å². The zero-order valence-corrected chi connectivity index (χ0v) is 30.1. The summed E-state index contributed by atoms with van der Waals surface area (Å²) in [5.41, 5.74) is 12.3. The van der Waals surface area contributed by atoms with E-state index >= 15 is 0 Å². The van der Waals surface area contributed by atoms with Crippen LogP contribution in [-0.2, 0) is 16.2 Å². The zero-order chi connectivity index (χ0) is 33.8. The maximum absolute atomic E-state index is 6.84. The number of anilines is 3. The minimum atomic E-state index is 0.00698. The van der Waals surface area contributed by atoms with Crippen molar-refractivity contribution in [1.29, 1.82) is 0 Å². The third-order valence-electron chi connectivity index (χ3n) is 14.0. The van der Waals surface area contributed by atoms with E-state index in [1.54, 1.807) is 0 Å². The molecule has 5 aliphatic carbocycles. The fraction of sp³-hybridized carbons (Fsp3) is 0.375. The Hall–Kier alpha value is -4.30. The Bertz CT molecular complexity index is 2090. The Morgan fingerprint density at radius 1 is 0.480 bits per heavy atom. The fourth-order valence-corrected chi connectivity index (χ4v) is 11.7. The molecule has 4 fully saturated rings. The molecule has 0 unspecified atom stereocenters. The van der Waals surface area contributed by atoms with Crippen LogP contribution in [0.1, 0.15) is 94.9 Å². The van der Waals surface area contributed by atoms with E-state index in [2.05, 4.69) is 148 Å². The number of rotatable bonds is 4. The molecule has 5 aromatic rings. The summed E-state index contributed by atoms with van der Waals surface area (Å²) in [6.07, 6.45) is 9.27. The lowest BCUT2D eigenvalue weighted by Gasteiger charge is -2.63. The summed E-state index contributed by atoms with van der Waals surface area (Å²) < 4.78 is 6.84. The Morgan fingerprint density at radius 3 is 1.80 bits per heavy atom. The molecule has 252 valence electrons. The van der Waals surface area contributed by atoms with E-state index in [1.807, 2.05) is 0 Å². The molecule has 11 rings (SSSR count). The van der Waals surface area contributed by atoms with Crippen molar-refractivity contribution < 1.29 is 4.74 Å². The lowest BCUT2D eigenvalue weighted by Crippen LogP contribution is -2.57. The van der Waals surface area contributed by atoms with Crippen LogP contribution in [0.2, 0.25) is 0 Å². The molecule has 2 heteroatoms. The van der Waals surface area contributed by atoms with E-state index in [0.29, 0.717) is 11.8 Å². The molecule has 0 N–H and O–H groups in total. The van der Waals surface area contributed by atoms with E-state index in [4.69, 9.17) is 4.74 Å². The van der Waals surface area contributed by atoms with Crippen LogP contribution in [-0.4, -0.2) is 0 Å². The highest BCUT2D eigenvalue weighted by Crippen LogP contribution is 2.69. The second-order valence-corrected chi connectivity index (χ2v) is 17.7. The van der Waals surface area contributed by atoms with Crippen LogP contribution in [0.4, 0.5) is 17.1 Å². The molecule has 50 heavy (non-hydrogen) atoms. The SMILES string of the molecule is CC1(C)CCC(C)(C)c2cc(N(c3cccc(-c4ccccc4)c3)c3ccc4c(c3)C3(c5ccccc5O4)C4CC5CC(C4)CC3C5)ccc21. The van der Waals surface area contributed by atoms with Crippen molar-refractivity contribution in [2.75, 3.05) is 4.90 Å². The van der Waals surface area contributed by atoms with Gasteiger partial charge in [-0.05, 0) is 150 Å². The third-order valence-corrected chi connectivity index (χ3v) is 14.0. The van der Waals surface area contributed by atoms with Crippen LogP contribution in [0.25, 0.3) is 11.1 Å². The smallest absolute Gasteiger partial charge is 0.131 e. The van der Waals surface area contributed by atoms with Gasteiger partial charge in [-0.2, -0.15) is 0 Å². The number of fused-ring (bicyclic) bond motifs is 3. The highest BCUT2D eigenvalue weighted by Gasteiger charge is 2.61. The molecule has 2 nitrogen and oxygen atoms in total. The van der Waals surface area contributed by atoms with Gasteiger partial charge in [0.25, 0.3) is 0 Å². The first kappa shape index (κ1) is 30.5. The van der Waals surface area contributed by atoms with Crippen molar-refractivity contribution in [3.63, 3.8) is 0 Å². The molecule has 4 bridgehead atoms. The quantitative estimate of drug-likeness (QED) is 0.191. The molecule has 1 aliphatic heterocycles. The Labute approximate surface area is 298 Å². The standard InChI is InChI=1S/C48H49NO/c1-46(2)21-22-47(3,4)42-29-38(17-19-40(42)46)49(37-14-10-13-34(28-37)33-11-6-5-7-12-33)39-18-20-45-43(30-39)48(41-15-8-9-16-44(41)50-45)35-24-31-23-32(26-35)27-36(48)25-31/h5-20,28-32,35-36H,21-27H2,1-4H3. The highest BCUT2D eigenvalue weighted by atomic mass is 16.5. The summed E-state index contributed by atoms with van der Waals surface area (Å²) in [5.74, 6) is 5.26. The third kappa shape index (κ3) is 4.46. The van der Waals surface area contributed by atoms with E-state index < -0.39 is 0 Å². The lowest BCUT2D eigenvalue weighted by atomic mass is 9.42. The first-order valence-corrected chi connectivity index (χ1v) is 19.2. The van der Waals surface area contributed by atoms with Crippen molar-refractivity contribution in [1.82, 2.24) is 0 Å². The van der Waals surface area contributed by atoms with E-state index in [1.165, 1.54) is 95.4 Å². The number of benzene rings is 5. The van der Waals surface area contributed by atoms with Crippen molar-refractivity contribution in [2.24, 2.45) is 23.7 Å². The van der Waals surface area contributed by atoms with Crippen LogP contribution < -0.4 is 9.64 Å². The minimum Gasteiger partial charge on any atom is -0.457 e. The van der Waals surface area contributed by atoms with Crippen LogP contribution >= 0.6 is 0 Å². The molecular formula is C48H49NO. The number of ether oxygens (including phenoxy) is 1. The summed E-state index contributed by atoms with van der Waals surface area (Å²) in [6.45, 7) is 9.73. The molecule has 0 saturated heterocycles. The molecular weight excluding hydrogens is 607 g/mol. The Kier molecular flexibility index (Phi) is 6.62. The van der Waals surface area contributed by atoms with Crippen molar-refractivity contribution >= 4 is 17.1 Å². The van der Waals surface area contributed by atoms with Gasteiger partial charge in [0.2, 0.25) is 0 Å². The fourth-order valence-electron chi connectivity index (χ4n) is 11.7. The van der Waals surface area contributed by atoms with Gasteiger partial charge in [-0.15, -0.1) is 0 Å². The van der Waals surface area contributed by atoms with E-state index in [9.17, 15) is 0 Å². The van der Waals surface area contributed by atoms with Crippen LogP contribution in [0, 0.1) is 23.7 Å². The summed E-state index contributed by atoms with van der Waals surface area (Å²) in [4.78, 5) is 2.54. The molecule has 6 aliphatic rings. The van der Waals surface area contributed by atoms with Gasteiger partial charge in [-0.25, -0.2) is 0 Å². The Morgan fingerprint density at radius 2 is 1.06 bits per heavy atom. The molecule has 1 heterocycles. The predicted molar refractivity (Wildman–Crippen MR) is 206 cm³/mol. The van der Waals surface area contributed by atoms with Gasteiger partial charge in [0.05, 0.1) is 0 Å². The molecule has 5 aromatic carbocycles. The number of hydrogen-bond donors (Lipinski definition) is 0. The summed E-state index contributed by atoms with van der Waals surface area (Å²) >= 11 is 0. The largest absolute Gasteiger partial charge is 0.457 e. The van der Waals surface area contributed by atoms with Crippen molar-refractivity contribution in [3.8, 4) is 22.6 Å². The Balaban J connectivity index is 1.19. The second-order valence-electron chi connectivity index (χ2n) is 17.7. The molecule has 0 amide bonds. The first-order chi connectivity index (χ1) is 24.2. The van der Waals surface area contributed by atoms with Gasteiger partial charge in [-0.1, -0.05) is 94.4 Å². The monoisotopic (exact) mass is 655 g/mol. The molecule has 0 radical (unpaired) electrons. The summed E-state index contributed by atoms with van der Waals surface area (Å²) in [7, 11) is 0. The van der Waals surface area contributed by atoms with Crippen LogP contribution in [0.15, 0.2) is 115 Å². The predicted octanol–water partition coefficient (Wildman–Crippen LogP) is 13.0. The minimum absolute atomic E-state index is 0.00698. The normalized spacial score (nSPS) is 27.6. The van der Waals surface area contributed by atoms with E-state index in [0.717, 1.165) is 23.3 Å². The second kappa shape index (κ2) is 10.8. The molecule has 0 aromatic heterocycles. The molecule has 0 atom stereocenters. The van der Waals surface area contributed by atoms with Gasteiger partial charge < -0.3 is 9.64 Å². The van der Waals surface area contributed by atoms with Crippen LogP contribution in [0.3, 0.4) is 0 Å². The molecule has 1 spiro atoms. The number of hydrogen-bond acceptors (Lipinski definition) is 2. The molecule has 4 saturated carbocycles. The van der Waals surface area contributed by atoms with Crippen LogP contribution in [0.5, 0.6) is 11.5 Å². The van der Waals surface area contributed by atoms with Gasteiger partial charge in [0, 0.05) is 33.6 Å².